The number of carbonyl (C=O) groups excluding carboxylic acids is 1. The first-order valence-electron chi connectivity index (χ1n) is 10.9. The van der Waals surface area contributed by atoms with Crippen molar-refractivity contribution in [2.45, 2.75) is 43.9 Å². The SMILES string of the molecule is COC(=O)C1(c2ccc(Nc3nc(N4CCOCC4)nc4c3CCC4)cc2)CCC1. The van der Waals surface area contributed by atoms with E-state index in [2.05, 4.69) is 10.2 Å². The zero-order chi connectivity index (χ0) is 20.6. The average Bonchev–Trinajstić information content (AvgIpc) is 3.23. The minimum Gasteiger partial charge on any atom is -0.468 e. The number of esters is 1. The smallest absolute Gasteiger partial charge is 0.316 e. The lowest BCUT2D eigenvalue weighted by molar-refractivity contribution is -0.151. The van der Waals surface area contributed by atoms with Crippen molar-refractivity contribution in [3.63, 3.8) is 0 Å². The fourth-order valence-corrected chi connectivity index (χ4v) is 4.77. The summed E-state index contributed by atoms with van der Waals surface area (Å²) in [4.78, 5) is 24.3. The summed E-state index contributed by atoms with van der Waals surface area (Å²) >= 11 is 0. The molecule has 0 spiro atoms. The molecule has 2 aliphatic carbocycles. The molecule has 2 fully saturated rings. The number of carbonyl (C=O) groups is 1. The molecular formula is C23H28N4O3. The molecule has 1 aromatic heterocycles. The van der Waals surface area contributed by atoms with Crippen molar-refractivity contribution in [2.24, 2.45) is 0 Å². The average molecular weight is 409 g/mol. The highest BCUT2D eigenvalue weighted by Crippen LogP contribution is 2.45. The van der Waals surface area contributed by atoms with Gasteiger partial charge in [-0.25, -0.2) is 4.98 Å². The van der Waals surface area contributed by atoms with Crippen molar-refractivity contribution in [3.05, 3.63) is 41.1 Å². The number of aryl methyl sites for hydroxylation is 1. The highest BCUT2D eigenvalue weighted by Gasteiger charge is 2.46. The van der Waals surface area contributed by atoms with E-state index >= 15 is 0 Å². The van der Waals surface area contributed by atoms with E-state index in [-0.39, 0.29) is 5.97 Å². The third-order valence-corrected chi connectivity index (χ3v) is 6.70. The number of aromatic nitrogens is 2. The van der Waals surface area contributed by atoms with Crippen LogP contribution in [0.15, 0.2) is 24.3 Å². The molecule has 30 heavy (non-hydrogen) atoms. The Balaban J connectivity index is 1.40. The van der Waals surface area contributed by atoms with Crippen molar-refractivity contribution < 1.29 is 14.3 Å². The Bertz CT molecular complexity index is 934. The number of nitrogens with one attached hydrogen (secondary N) is 1. The molecule has 2 heterocycles. The quantitative estimate of drug-likeness (QED) is 0.762. The number of morpholine rings is 1. The molecule has 3 aliphatic rings. The number of anilines is 3. The first kappa shape index (κ1) is 19.3. The van der Waals surface area contributed by atoms with Crippen molar-refractivity contribution in [1.82, 2.24) is 9.97 Å². The van der Waals surface area contributed by atoms with Crippen LogP contribution in [0.25, 0.3) is 0 Å². The first-order valence-corrected chi connectivity index (χ1v) is 10.9. The third kappa shape index (κ3) is 3.31. The lowest BCUT2D eigenvalue weighted by atomic mass is 9.64. The van der Waals surface area contributed by atoms with E-state index in [1.54, 1.807) is 0 Å². The third-order valence-electron chi connectivity index (χ3n) is 6.70. The zero-order valence-electron chi connectivity index (χ0n) is 17.4. The molecule has 7 heteroatoms. The predicted octanol–water partition coefficient (Wildman–Crippen LogP) is 3.14. The zero-order valence-corrected chi connectivity index (χ0v) is 17.4. The molecule has 0 radical (unpaired) electrons. The van der Waals surface area contributed by atoms with Gasteiger partial charge in [-0.05, 0) is 49.8 Å². The molecular weight excluding hydrogens is 380 g/mol. The van der Waals surface area contributed by atoms with E-state index in [4.69, 9.17) is 19.4 Å². The highest BCUT2D eigenvalue weighted by molar-refractivity contribution is 5.84. The standard InChI is InChI=1S/C23H28N4O3/c1-29-21(28)23(10-3-11-23)16-6-8-17(9-7-16)24-20-18-4-2-5-19(18)25-22(26-20)27-12-14-30-15-13-27/h6-9H,2-5,10-15H2,1H3,(H,24,25,26). The molecule has 0 atom stereocenters. The first-order chi connectivity index (χ1) is 14.7. The van der Waals surface area contributed by atoms with Crippen LogP contribution in [-0.2, 0) is 32.5 Å². The molecule has 0 bridgehead atoms. The van der Waals surface area contributed by atoms with Gasteiger partial charge < -0.3 is 19.7 Å². The van der Waals surface area contributed by atoms with Crippen LogP contribution in [-0.4, -0.2) is 49.4 Å². The summed E-state index contributed by atoms with van der Waals surface area (Å²) in [7, 11) is 1.47. The van der Waals surface area contributed by atoms with E-state index in [0.717, 1.165) is 80.3 Å². The van der Waals surface area contributed by atoms with Crippen LogP contribution in [0.3, 0.4) is 0 Å². The summed E-state index contributed by atoms with van der Waals surface area (Å²) in [6, 6.07) is 8.16. The Morgan fingerprint density at radius 2 is 1.87 bits per heavy atom. The van der Waals surface area contributed by atoms with Gasteiger partial charge in [0.25, 0.3) is 0 Å². The molecule has 1 saturated heterocycles. The van der Waals surface area contributed by atoms with E-state index < -0.39 is 5.41 Å². The Morgan fingerprint density at radius 3 is 2.53 bits per heavy atom. The Labute approximate surface area is 176 Å². The van der Waals surface area contributed by atoms with Gasteiger partial charge in [0, 0.05) is 24.3 Å². The number of methoxy groups -OCH3 is 1. The van der Waals surface area contributed by atoms with E-state index in [9.17, 15) is 4.79 Å². The fraction of sp³-hybridized carbons (Fsp3) is 0.522. The lowest BCUT2D eigenvalue weighted by Gasteiger charge is -2.39. The van der Waals surface area contributed by atoms with Crippen LogP contribution in [0, 0.1) is 0 Å². The van der Waals surface area contributed by atoms with Crippen molar-refractivity contribution in [2.75, 3.05) is 43.6 Å². The van der Waals surface area contributed by atoms with Crippen LogP contribution in [0.1, 0.15) is 42.5 Å². The molecule has 1 aliphatic heterocycles. The number of nitrogens with zero attached hydrogens (tertiary/aromatic N) is 3. The van der Waals surface area contributed by atoms with Gasteiger partial charge in [-0.15, -0.1) is 0 Å². The Hall–Kier alpha value is -2.67. The van der Waals surface area contributed by atoms with E-state index in [1.165, 1.54) is 12.7 Å². The minimum absolute atomic E-state index is 0.127. The highest BCUT2D eigenvalue weighted by atomic mass is 16.5. The van der Waals surface area contributed by atoms with Crippen LogP contribution < -0.4 is 10.2 Å². The molecule has 2 aromatic rings. The lowest BCUT2D eigenvalue weighted by Crippen LogP contribution is -2.43. The maximum Gasteiger partial charge on any atom is 0.316 e. The van der Waals surface area contributed by atoms with Gasteiger partial charge >= 0.3 is 5.97 Å². The van der Waals surface area contributed by atoms with Crippen LogP contribution >= 0.6 is 0 Å². The second-order valence-electron chi connectivity index (χ2n) is 8.38. The monoisotopic (exact) mass is 408 g/mol. The summed E-state index contributed by atoms with van der Waals surface area (Å²) < 4.78 is 10.5. The molecule has 158 valence electrons. The topological polar surface area (TPSA) is 76.6 Å². The van der Waals surface area contributed by atoms with Gasteiger partial charge in [-0.3, -0.25) is 4.79 Å². The van der Waals surface area contributed by atoms with Crippen LogP contribution in [0.4, 0.5) is 17.5 Å². The fourth-order valence-electron chi connectivity index (χ4n) is 4.77. The molecule has 0 amide bonds. The van der Waals surface area contributed by atoms with Gasteiger partial charge in [0.15, 0.2) is 0 Å². The van der Waals surface area contributed by atoms with Gasteiger partial charge in [0.05, 0.1) is 31.4 Å². The summed E-state index contributed by atoms with van der Waals surface area (Å²) in [6.07, 6.45) is 5.90. The Morgan fingerprint density at radius 1 is 1.10 bits per heavy atom. The van der Waals surface area contributed by atoms with Crippen LogP contribution in [0.5, 0.6) is 0 Å². The van der Waals surface area contributed by atoms with Crippen molar-refractivity contribution in [1.29, 1.82) is 0 Å². The molecule has 5 rings (SSSR count). The van der Waals surface area contributed by atoms with Crippen molar-refractivity contribution in [3.8, 4) is 0 Å². The normalized spacial score (nSPS) is 19.7. The molecule has 1 saturated carbocycles. The van der Waals surface area contributed by atoms with E-state index in [0.29, 0.717) is 13.2 Å². The number of rotatable bonds is 5. The number of hydrogen-bond donors (Lipinski definition) is 1. The molecule has 0 unspecified atom stereocenters. The van der Waals surface area contributed by atoms with Gasteiger partial charge in [0.1, 0.15) is 5.82 Å². The summed E-state index contributed by atoms with van der Waals surface area (Å²) in [5.41, 5.74) is 3.92. The number of benzene rings is 1. The summed E-state index contributed by atoms with van der Waals surface area (Å²) in [5.74, 6) is 1.56. The Kier molecular flexibility index (Phi) is 5.06. The number of fused-ring (bicyclic) bond motifs is 1. The van der Waals surface area contributed by atoms with Crippen LogP contribution in [0.2, 0.25) is 0 Å². The second-order valence-corrected chi connectivity index (χ2v) is 8.38. The largest absolute Gasteiger partial charge is 0.468 e. The summed E-state index contributed by atoms with van der Waals surface area (Å²) in [5, 5.41) is 3.52. The van der Waals surface area contributed by atoms with Gasteiger partial charge in [-0.2, -0.15) is 4.98 Å². The van der Waals surface area contributed by atoms with Gasteiger partial charge in [0.2, 0.25) is 5.95 Å². The van der Waals surface area contributed by atoms with Gasteiger partial charge in [-0.1, -0.05) is 18.6 Å². The molecule has 7 nitrogen and oxygen atoms in total. The van der Waals surface area contributed by atoms with E-state index in [1.807, 2.05) is 24.3 Å². The maximum absolute atomic E-state index is 12.3. The molecule has 1 aromatic carbocycles. The maximum atomic E-state index is 12.3. The number of hydrogen-bond acceptors (Lipinski definition) is 7. The second kappa shape index (κ2) is 7.87. The van der Waals surface area contributed by atoms with Crippen molar-refractivity contribution >= 4 is 23.4 Å². The minimum atomic E-state index is -0.465. The number of ether oxygens (including phenoxy) is 2. The predicted molar refractivity (Wildman–Crippen MR) is 114 cm³/mol. The molecule has 1 N–H and O–H groups in total. The summed E-state index contributed by atoms with van der Waals surface area (Å²) in [6.45, 7) is 3.07.